The second-order valence-electron chi connectivity index (χ2n) is 5.28. The average molecular weight is 502 g/mol. The number of hydrogen-bond acceptors (Lipinski definition) is 4. The summed E-state index contributed by atoms with van der Waals surface area (Å²) in [7, 11) is -1.57. The van der Waals surface area contributed by atoms with Crippen LogP contribution in [0.25, 0.3) is 0 Å². The van der Waals surface area contributed by atoms with Crippen LogP contribution in [0.3, 0.4) is 0 Å². The van der Waals surface area contributed by atoms with Gasteiger partial charge in [0.1, 0.15) is 17.7 Å². The highest BCUT2D eigenvalue weighted by Gasteiger charge is 2.10. The predicted octanol–water partition coefficient (Wildman–Crippen LogP) is 1.71. The lowest BCUT2D eigenvalue weighted by Gasteiger charge is -2.20. The van der Waals surface area contributed by atoms with E-state index in [0.29, 0.717) is 24.8 Å². The van der Waals surface area contributed by atoms with Crippen LogP contribution in [0, 0.1) is 5.82 Å². The monoisotopic (exact) mass is 502 g/mol. The zero-order chi connectivity index (χ0) is 18.7. The van der Waals surface area contributed by atoms with Crippen molar-refractivity contribution in [3.8, 4) is 5.75 Å². The molecule has 3 N–H and O–H groups in total. The lowest BCUT2D eigenvalue weighted by Crippen LogP contribution is -2.44. The van der Waals surface area contributed by atoms with Gasteiger partial charge in [-0.05, 0) is 25.5 Å². The van der Waals surface area contributed by atoms with Crippen molar-refractivity contribution < 1.29 is 17.5 Å². The molecule has 1 atom stereocenters. The molecular weight excluding hydrogens is 474 g/mol. The molecule has 10 heteroatoms. The Morgan fingerprint density at radius 1 is 1.27 bits per heavy atom. The molecule has 1 rings (SSSR count). The van der Waals surface area contributed by atoms with E-state index in [9.17, 15) is 12.8 Å². The van der Waals surface area contributed by atoms with E-state index in [1.165, 1.54) is 12.1 Å². The van der Waals surface area contributed by atoms with E-state index < -0.39 is 10.0 Å². The molecule has 7 nitrogen and oxygen atoms in total. The van der Waals surface area contributed by atoms with Crippen LogP contribution >= 0.6 is 24.0 Å². The van der Waals surface area contributed by atoms with Crippen molar-refractivity contribution >= 4 is 40.0 Å². The smallest absolute Gasteiger partial charge is 0.211 e. The third kappa shape index (κ3) is 10.1. The summed E-state index contributed by atoms with van der Waals surface area (Å²) in [4.78, 5) is 4.07. The molecule has 0 saturated heterocycles. The summed E-state index contributed by atoms with van der Waals surface area (Å²) < 4.78 is 44.1. The Balaban J connectivity index is 0.00000625. The summed E-state index contributed by atoms with van der Waals surface area (Å²) in [6, 6.07) is 6.02. The van der Waals surface area contributed by atoms with Gasteiger partial charge in [-0.25, -0.2) is 17.5 Å². The van der Waals surface area contributed by atoms with Crippen molar-refractivity contribution in [2.45, 2.75) is 26.4 Å². The average Bonchev–Trinajstić information content (AvgIpc) is 2.60. The normalized spacial score (nSPS) is 12.8. The minimum Gasteiger partial charge on any atom is -0.489 e. The van der Waals surface area contributed by atoms with Gasteiger partial charge in [-0.3, -0.25) is 4.99 Å². The number of aliphatic imine (C=N–C) groups is 1. The highest BCUT2D eigenvalue weighted by atomic mass is 127. The second-order valence-corrected chi connectivity index (χ2v) is 7.38. The van der Waals surface area contributed by atoms with Crippen LogP contribution in [-0.2, 0) is 10.0 Å². The van der Waals surface area contributed by atoms with E-state index in [1.807, 2.05) is 6.92 Å². The molecule has 0 radical (unpaired) electrons. The van der Waals surface area contributed by atoms with Gasteiger partial charge < -0.3 is 15.4 Å². The van der Waals surface area contributed by atoms with Crippen molar-refractivity contribution in [1.29, 1.82) is 0 Å². The van der Waals surface area contributed by atoms with Gasteiger partial charge in [-0.2, -0.15) is 0 Å². The van der Waals surface area contributed by atoms with Crippen LogP contribution in [0.1, 0.15) is 20.3 Å². The molecule has 0 aliphatic carbocycles. The Morgan fingerprint density at radius 2 is 2.00 bits per heavy atom. The molecule has 26 heavy (non-hydrogen) atoms. The number of halogens is 2. The number of guanidine groups is 1. The first-order chi connectivity index (χ1) is 11.9. The zero-order valence-electron chi connectivity index (χ0n) is 15.3. The van der Waals surface area contributed by atoms with Gasteiger partial charge in [0, 0.05) is 26.2 Å². The summed E-state index contributed by atoms with van der Waals surface area (Å²) in [5.74, 6) is 0.727. The molecule has 1 aromatic rings. The molecule has 150 valence electrons. The van der Waals surface area contributed by atoms with E-state index in [0.717, 1.165) is 6.42 Å². The maximum absolute atomic E-state index is 13.2. The molecule has 0 amide bonds. The van der Waals surface area contributed by atoms with Crippen LogP contribution in [0.15, 0.2) is 29.3 Å². The SMILES string of the molecule is CCC(CNC(=NC)NCCNS(=O)(=O)CC)Oc1cccc(F)c1.I. The van der Waals surface area contributed by atoms with Gasteiger partial charge in [0.25, 0.3) is 0 Å². The first kappa shape index (κ1) is 24.9. The van der Waals surface area contributed by atoms with Gasteiger partial charge in [0.15, 0.2) is 5.96 Å². The molecule has 0 aromatic heterocycles. The van der Waals surface area contributed by atoms with Crippen molar-refractivity contribution in [3.05, 3.63) is 30.1 Å². The molecule has 0 heterocycles. The van der Waals surface area contributed by atoms with Crippen molar-refractivity contribution in [2.75, 3.05) is 32.4 Å². The molecule has 1 unspecified atom stereocenters. The fourth-order valence-corrected chi connectivity index (χ4v) is 2.54. The number of benzene rings is 1. The highest BCUT2D eigenvalue weighted by molar-refractivity contribution is 14.0. The predicted molar refractivity (Wildman–Crippen MR) is 113 cm³/mol. The van der Waals surface area contributed by atoms with Crippen LogP contribution < -0.4 is 20.1 Å². The topological polar surface area (TPSA) is 91.8 Å². The van der Waals surface area contributed by atoms with E-state index in [-0.39, 0.29) is 48.2 Å². The quantitative estimate of drug-likeness (QED) is 0.196. The van der Waals surface area contributed by atoms with Gasteiger partial charge in [0.2, 0.25) is 10.0 Å². The Hall–Kier alpha value is -1.14. The summed E-state index contributed by atoms with van der Waals surface area (Å²) in [5, 5.41) is 6.12. The number of hydrogen-bond donors (Lipinski definition) is 3. The Kier molecular flexibility index (Phi) is 12.5. The van der Waals surface area contributed by atoms with E-state index in [2.05, 4.69) is 20.3 Å². The third-order valence-corrected chi connectivity index (χ3v) is 4.80. The van der Waals surface area contributed by atoms with Gasteiger partial charge in [-0.15, -0.1) is 24.0 Å². The fraction of sp³-hybridized carbons (Fsp3) is 0.562. The Labute approximate surface area is 172 Å². The number of nitrogens with zero attached hydrogens (tertiary/aromatic N) is 1. The molecule has 0 spiro atoms. The molecular formula is C16H28FIN4O3S. The summed E-state index contributed by atoms with van der Waals surface area (Å²) in [5.41, 5.74) is 0. The van der Waals surface area contributed by atoms with Crippen molar-refractivity contribution in [1.82, 2.24) is 15.4 Å². The Bertz CT molecular complexity index is 659. The van der Waals surface area contributed by atoms with Crippen LogP contribution in [0.2, 0.25) is 0 Å². The van der Waals surface area contributed by atoms with Crippen LogP contribution in [0.5, 0.6) is 5.75 Å². The van der Waals surface area contributed by atoms with E-state index >= 15 is 0 Å². The zero-order valence-corrected chi connectivity index (χ0v) is 18.4. The van der Waals surface area contributed by atoms with Crippen molar-refractivity contribution in [2.24, 2.45) is 4.99 Å². The summed E-state index contributed by atoms with van der Waals surface area (Å²) >= 11 is 0. The second kappa shape index (κ2) is 13.1. The van der Waals surface area contributed by atoms with Crippen molar-refractivity contribution in [3.63, 3.8) is 0 Å². The maximum Gasteiger partial charge on any atom is 0.211 e. The number of rotatable bonds is 10. The standard InChI is InChI=1S/C16H27FN4O3S.HI/c1-4-14(24-15-8-6-7-13(17)11-15)12-20-16(18-3)19-9-10-21-25(22,23)5-2;/h6-8,11,14,21H,4-5,9-10,12H2,1-3H3,(H2,18,19,20);1H. The number of ether oxygens (including phenoxy) is 1. The van der Waals surface area contributed by atoms with Gasteiger partial charge in [-0.1, -0.05) is 13.0 Å². The van der Waals surface area contributed by atoms with E-state index in [1.54, 1.807) is 26.1 Å². The first-order valence-corrected chi connectivity index (χ1v) is 9.89. The molecule has 0 bridgehead atoms. The third-order valence-electron chi connectivity index (χ3n) is 3.39. The summed E-state index contributed by atoms with van der Waals surface area (Å²) in [6.45, 7) is 4.71. The first-order valence-electron chi connectivity index (χ1n) is 8.24. The van der Waals surface area contributed by atoms with Gasteiger partial charge in [0.05, 0.1) is 12.3 Å². The van der Waals surface area contributed by atoms with Crippen LogP contribution in [0.4, 0.5) is 4.39 Å². The summed E-state index contributed by atoms with van der Waals surface area (Å²) in [6.07, 6.45) is 0.579. The Morgan fingerprint density at radius 3 is 2.58 bits per heavy atom. The largest absolute Gasteiger partial charge is 0.489 e. The molecule has 0 fully saturated rings. The lowest BCUT2D eigenvalue weighted by molar-refractivity contribution is 0.199. The molecule has 1 aromatic carbocycles. The lowest BCUT2D eigenvalue weighted by atomic mass is 10.2. The molecule has 0 aliphatic rings. The molecule has 0 saturated carbocycles. The highest BCUT2D eigenvalue weighted by Crippen LogP contribution is 2.14. The van der Waals surface area contributed by atoms with Crippen LogP contribution in [-0.4, -0.2) is 52.9 Å². The number of sulfonamides is 1. The van der Waals surface area contributed by atoms with E-state index in [4.69, 9.17) is 4.74 Å². The fourth-order valence-electron chi connectivity index (χ4n) is 1.92. The molecule has 0 aliphatic heterocycles. The minimum absolute atomic E-state index is 0. The van der Waals surface area contributed by atoms with Gasteiger partial charge >= 0.3 is 0 Å². The number of nitrogens with one attached hydrogen (secondary N) is 3. The minimum atomic E-state index is -3.19. The maximum atomic E-state index is 13.2.